The molecule has 6 nitrogen and oxygen atoms in total. The van der Waals surface area contributed by atoms with Gasteiger partial charge in [-0.3, -0.25) is 4.79 Å². The molecule has 1 saturated heterocycles. The lowest BCUT2D eigenvalue weighted by Crippen LogP contribution is -2.50. The Hall–Kier alpha value is -1.66. The zero-order valence-corrected chi connectivity index (χ0v) is 15.5. The van der Waals surface area contributed by atoms with E-state index in [1.54, 1.807) is 21.9 Å². The van der Waals surface area contributed by atoms with Crippen LogP contribution in [0.5, 0.6) is 5.75 Å². The number of hydrogen-bond acceptors (Lipinski definition) is 4. The van der Waals surface area contributed by atoms with E-state index in [1.807, 2.05) is 12.1 Å². The van der Waals surface area contributed by atoms with Crippen molar-refractivity contribution in [2.24, 2.45) is 0 Å². The fraction of sp³-hybridized carbons (Fsp3) is 0.529. The van der Waals surface area contributed by atoms with E-state index < -0.39 is 0 Å². The van der Waals surface area contributed by atoms with Crippen LogP contribution in [0.15, 0.2) is 24.3 Å². The second kappa shape index (κ2) is 10.4. The van der Waals surface area contributed by atoms with Crippen molar-refractivity contribution in [2.45, 2.75) is 12.8 Å². The number of carbonyl (C=O) groups excluding carboxylic acids is 2. The number of halogens is 2. The summed E-state index contributed by atoms with van der Waals surface area (Å²) in [5.74, 6) is 0.970. The molecule has 0 N–H and O–H groups in total. The number of carbonyl (C=O) groups is 2. The Morgan fingerprint density at radius 2 is 1.72 bits per heavy atom. The molecular formula is C17H22Cl2N2O4. The summed E-state index contributed by atoms with van der Waals surface area (Å²) in [6.07, 6.45) is 0.643. The number of rotatable bonds is 7. The van der Waals surface area contributed by atoms with Crippen molar-refractivity contribution >= 4 is 35.2 Å². The second-order valence-corrected chi connectivity index (χ2v) is 6.34. The van der Waals surface area contributed by atoms with Crippen LogP contribution in [0.25, 0.3) is 0 Å². The Balaban J connectivity index is 1.64. The zero-order valence-electron chi connectivity index (χ0n) is 14.0. The van der Waals surface area contributed by atoms with Crippen LogP contribution in [0.3, 0.4) is 0 Å². The quantitative estimate of drug-likeness (QED) is 0.532. The summed E-state index contributed by atoms with van der Waals surface area (Å²) < 4.78 is 10.6. The fourth-order valence-corrected chi connectivity index (χ4v) is 2.75. The summed E-state index contributed by atoms with van der Waals surface area (Å²) in [7, 11) is 0. The predicted octanol–water partition coefficient (Wildman–Crippen LogP) is 3.02. The smallest absolute Gasteiger partial charge is 0.409 e. The van der Waals surface area contributed by atoms with E-state index in [9.17, 15) is 9.59 Å². The SMILES string of the molecule is O=C(CCCOc1ccccc1Cl)N1CCN(C(=O)OCCCl)CC1. The molecule has 1 aliphatic heterocycles. The van der Waals surface area contributed by atoms with Crippen LogP contribution < -0.4 is 4.74 Å². The first-order valence-corrected chi connectivity index (χ1v) is 9.16. The Bertz CT molecular complexity index is 578. The van der Waals surface area contributed by atoms with Crippen molar-refractivity contribution < 1.29 is 19.1 Å². The minimum Gasteiger partial charge on any atom is -0.492 e. The summed E-state index contributed by atoms with van der Waals surface area (Å²) in [4.78, 5) is 27.3. The van der Waals surface area contributed by atoms with Gasteiger partial charge in [0.25, 0.3) is 0 Å². The molecule has 0 unspecified atom stereocenters. The van der Waals surface area contributed by atoms with Crippen molar-refractivity contribution in [2.75, 3.05) is 45.3 Å². The van der Waals surface area contributed by atoms with E-state index in [0.717, 1.165) is 0 Å². The molecule has 0 aromatic heterocycles. The van der Waals surface area contributed by atoms with Gasteiger partial charge < -0.3 is 19.3 Å². The van der Waals surface area contributed by atoms with Gasteiger partial charge >= 0.3 is 6.09 Å². The van der Waals surface area contributed by atoms with E-state index >= 15 is 0 Å². The summed E-state index contributed by atoms with van der Waals surface area (Å²) in [6, 6.07) is 7.25. The molecule has 0 saturated carbocycles. The average Bonchev–Trinajstić information content (AvgIpc) is 2.64. The van der Waals surface area contributed by atoms with Gasteiger partial charge in [-0.15, -0.1) is 11.6 Å². The average molecular weight is 389 g/mol. The number of piperazine rings is 1. The minimum atomic E-state index is -0.374. The molecule has 2 amide bonds. The topological polar surface area (TPSA) is 59.1 Å². The number of hydrogen-bond donors (Lipinski definition) is 0. The Morgan fingerprint density at radius 3 is 2.40 bits per heavy atom. The molecule has 1 aromatic carbocycles. The van der Waals surface area contributed by atoms with E-state index in [4.69, 9.17) is 32.7 Å². The predicted molar refractivity (Wildman–Crippen MR) is 96.4 cm³/mol. The van der Waals surface area contributed by atoms with Gasteiger partial charge in [-0.25, -0.2) is 4.79 Å². The van der Waals surface area contributed by atoms with Crippen LogP contribution in [0.4, 0.5) is 4.79 Å². The van der Waals surface area contributed by atoms with Crippen LogP contribution in [-0.4, -0.2) is 67.1 Å². The van der Waals surface area contributed by atoms with Gasteiger partial charge in [0.15, 0.2) is 0 Å². The van der Waals surface area contributed by atoms with Gasteiger partial charge in [0.2, 0.25) is 5.91 Å². The number of amides is 2. The molecule has 1 aromatic rings. The highest BCUT2D eigenvalue weighted by molar-refractivity contribution is 6.32. The highest BCUT2D eigenvalue weighted by Crippen LogP contribution is 2.23. The molecular weight excluding hydrogens is 367 g/mol. The number of benzene rings is 1. The normalized spacial score (nSPS) is 14.3. The molecule has 0 bridgehead atoms. The summed E-state index contributed by atoms with van der Waals surface area (Å²) in [5.41, 5.74) is 0. The lowest BCUT2D eigenvalue weighted by molar-refractivity contribution is -0.133. The largest absolute Gasteiger partial charge is 0.492 e. The fourth-order valence-electron chi connectivity index (χ4n) is 2.48. The van der Waals surface area contributed by atoms with E-state index in [1.165, 1.54) is 0 Å². The van der Waals surface area contributed by atoms with Crippen molar-refractivity contribution in [3.05, 3.63) is 29.3 Å². The van der Waals surface area contributed by atoms with Gasteiger partial charge in [-0.05, 0) is 18.6 Å². The second-order valence-electron chi connectivity index (χ2n) is 5.55. The van der Waals surface area contributed by atoms with E-state index in [-0.39, 0.29) is 24.5 Å². The van der Waals surface area contributed by atoms with Gasteiger partial charge in [0, 0.05) is 32.6 Å². The van der Waals surface area contributed by atoms with Gasteiger partial charge in [0.05, 0.1) is 17.5 Å². The number of ether oxygens (including phenoxy) is 2. The maximum absolute atomic E-state index is 12.2. The highest BCUT2D eigenvalue weighted by Gasteiger charge is 2.24. The zero-order chi connectivity index (χ0) is 18.1. The third kappa shape index (κ3) is 6.29. The first kappa shape index (κ1) is 19.7. The van der Waals surface area contributed by atoms with E-state index in [2.05, 4.69) is 0 Å². The summed E-state index contributed by atoms with van der Waals surface area (Å²) in [5, 5.41) is 0.561. The lowest BCUT2D eigenvalue weighted by atomic mass is 10.2. The van der Waals surface area contributed by atoms with Crippen LogP contribution >= 0.6 is 23.2 Å². The number of nitrogens with zero attached hydrogens (tertiary/aromatic N) is 2. The monoisotopic (exact) mass is 388 g/mol. The third-order valence-corrected chi connectivity index (χ3v) is 4.29. The Labute approximate surface area is 157 Å². The summed E-state index contributed by atoms with van der Waals surface area (Å²) in [6.45, 7) is 2.61. The lowest BCUT2D eigenvalue weighted by Gasteiger charge is -2.34. The highest BCUT2D eigenvalue weighted by atomic mass is 35.5. The Kier molecular flexibility index (Phi) is 8.15. The molecule has 0 spiro atoms. The maximum Gasteiger partial charge on any atom is 0.409 e. The third-order valence-electron chi connectivity index (χ3n) is 3.82. The molecule has 1 aliphatic rings. The molecule has 0 aliphatic carbocycles. The first-order valence-electron chi connectivity index (χ1n) is 8.24. The minimum absolute atomic E-state index is 0.0662. The molecule has 8 heteroatoms. The van der Waals surface area contributed by atoms with Crippen molar-refractivity contribution in [1.82, 2.24) is 9.80 Å². The van der Waals surface area contributed by atoms with Gasteiger partial charge in [-0.2, -0.15) is 0 Å². The van der Waals surface area contributed by atoms with E-state index in [0.29, 0.717) is 56.4 Å². The van der Waals surface area contributed by atoms with Gasteiger partial charge in [0.1, 0.15) is 12.4 Å². The van der Waals surface area contributed by atoms with Gasteiger partial charge in [-0.1, -0.05) is 23.7 Å². The number of alkyl halides is 1. The van der Waals surface area contributed by atoms with Crippen LogP contribution in [0.1, 0.15) is 12.8 Å². The number of para-hydroxylation sites is 1. The van der Waals surface area contributed by atoms with Crippen LogP contribution in [-0.2, 0) is 9.53 Å². The standard InChI is InChI=1S/C17H22Cl2N2O4/c18-7-13-25-17(23)21-10-8-20(9-11-21)16(22)6-3-12-24-15-5-2-1-4-14(15)19/h1-2,4-5H,3,6-13H2. The molecule has 1 fully saturated rings. The molecule has 25 heavy (non-hydrogen) atoms. The maximum atomic E-state index is 12.2. The van der Waals surface area contributed by atoms with Crippen LogP contribution in [0, 0.1) is 0 Å². The Morgan fingerprint density at radius 1 is 1.04 bits per heavy atom. The molecule has 1 heterocycles. The van der Waals surface area contributed by atoms with Crippen LogP contribution in [0.2, 0.25) is 5.02 Å². The molecule has 0 atom stereocenters. The molecule has 138 valence electrons. The summed E-state index contributed by atoms with van der Waals surface area (Å²) >= 11 is 11.5. The first-order chi connectivity index (χ1) is 12.1. The van der Waals surface area contributed by atoms with Crippen molar-refractivity contribution in [1.29, 1.82) is 0 Å². The van der Waals surface area contributed by atoms with Crippen molar-refractivity contribution in [3.8, 4) is 5.75 Å². The molecule has 0 radical (unpaired) electrons. The molecule has 2 rings (SSSR count). The van der Waals surface area contributed by atoms with Crippen molar-refractivity contribution in [3.63, 3.8) is 0 Å².